The van der Waals surface area contributed by atoms with E-state index in [4.69, 9.17) is 4.98 Å². The summed E-state index contributed by atoms with van der Waals surface area (Å²) in [6.45, 7) is 15.8. The molecule has 0 aliphatic carbocycles. The standard InChI is InChI=1S/C26H35N3O3S2/c1-8-20-18(7)34-24-23(20)25(32)29(21-10-9-19(30)11-17(21)6)26(27-24)33-14-22(31)28(12-15(2)3)13-16(4)5/h9-11,15-16,30H,8,12-14H2,1-7H3. The number of phenols is 1. The number of thioether (sulfide) groups is 1. The molecule has 3 aromatic rings. The van der Waals surface area contributed by atoms with Gasteiger partial charge in [-0.2, -0.15) is 0 Å². The third-order valence-corrected chi connectivity index (χ3v) is 7.58. The van der Waals surface area contributed by atoms with E-state index in [0.717, 1.165) is 22.4 Å². The fourth-order valence-corrected chi connectivity index (χ4v) is 6.26. The highest BCUT2D eigenvalue weighted by Gasteiger charge is 2.22. The zero-order valence-electron chi connectivity index (χ0n) is 21.1. The molecule has 0 atom stereocenters. The molecule has 1 N–H and O–H groups in total. The minimum atomic E-state index is -0.129. The number of fused-ring (bicyclic) bond motifs is 1. The normalized spacial score (nSPS) is 11.7. The van der Waals surface area contributed by atoms with Crippen molar-refractivity contribution in [3.63, 3.8) is 0 Å². The molecule has 0 fully saturated rings. The van der Waals surface area contributed by atoms with Gasteiger partial charge in [-0.05, 0) is 61.4 Å². The van der Waals surface area contributed by atoms with E-state index < -0.39 is 0 Å². The second-order valence-corrected chi connectivity index (χ2v) is 11.7. The lowest BCUT2D eigenvalue weighted by Crippen LogP contribution is -2.38. The summed E-state index contributed by atoms with van der Waals surface area (Å²) in [4.78, 5) is 35.6. The first-order chi connectivity index (χ1) is 16.0. The number of aryl methyl sites for hydroxylation is 3. The average Bonchev–Trinajstić information content (AvgIpc) is 3.07. The molecule has 6 nitrogen and oxygen atoms in total. The molecular weight excluding hydrogens is 466 g/mol. The second-order valence-electron chi connectivity index (χ2n) is 9.55. The Morgan fingerprint density at radius 2 is 1.82 bits per heavy atom. The molecule has 3 rings (SSSR count). The lowest BCUT2D eigenvalue weighted by molar-refractivity contribution is -0.129. The molecule has 0 aliphatic heterocycles. The van der Waals surface area contributed by atoms with Gasteiger partial charge in [-0.25, -0.2) is 4.98 Å². The number of hydrogen-bond donors (Lipinski definition) is 1. The van der Waals surface area contributed by atoms with Crippen LogP contribution in [0.3, 0.4) is 0 Å². The largest absolute Gasteiger partial charge is 0.508 e. The van der Waals surface area contributed by atoms with E-state index in [1.165, 1.54) is 23.1 Å². The average molecular weight is 502 g/mol. The molecular formula is C26H35N3O3S2. The van der Waals surface area contributed by atoms with Crippen LogP contribution in [-0.2, 0) is 11.2 Å². The number of benzene rings is 1. The summed E-state index contributed by atoms with van der Waals surface area (Å²) in [7, 11) is 0. The Balaban J connectivity index is 2.09. The maximum Gasteiger partial charge on any atom is 0.267 e. The quantitative estimate of drug-likeness (QED) is 0.307. The Hall–Kier alpha value is -2.32. The molecule has 8 heteroatoms. The molecule has 0 unspecified atom stereocenters. The fraction of sp³-hybridized carbons (Fsp3) is 0.500. The van der Waals surface area contributed by atoms with Gasteiger partial charge in [-0.15, -0.1) is 11.3 Å². The van der Waals surface area contributed by atoms with E-state index in [-0.39, 0.29) is 23.0 Å². The Bertz CT molecular complexity index is 1230. The number of rotatable bonds is 9. The first kappa shape index (κ1) is 26.3. The highest BCUT2D eigenvalue weighted by molar-refractivity contribution is 7.99. The van der Waals surface area contributed by atoms with Gasteiger partial charge in [0.25, 0.3) is 5.56 Å². The molecule has 2 heterocycles. The minimum absolute atomic E-state index is 0.0485. The van der Waals surface area contributed by atoms with Crippen molar-refractivity contribution < 1.29 is 9.90 Å². The van der Waals surface area contributed by atoms with Gasteiger partial charge < -0.3 is 10.0 Å². The van der Waals surface area contributed by atoms with Crippen molar-refractivity contribution in [1.29, 1.82) is 0 Å². The summed E-state index contributed by atoms with van der Waals surface area (Å²) in [5.41, 5.74) is 2.33. The number of carbonyl (C=O) groups is 1. The number of phenolic OH excluding ortho intramolecular Hbond substituents is 1. The van der Waals surface area contributed by atoms with Gasteiger partial charge in [-0.1, -0.05) is 46.4 Å². The number of carbonyl (C=O) groups excluding carboxylic acids is 1. The molecule has 1 aromatic carbocycles. The molecule has 2 aromatic heterocycles. The lowest BCUT2D eigenvalue weighted by atomic mass is 10.1. The SMILES string of the molecule is CCc1c(C)sc2nc(SCC(=O)N(CC(C)C)CC(C)C)n(-c3ccc(O)cc3C)c(=O)c12. The van der Waals surface area contributed by atoms with Crippen LogP contribution in [-0.4, -0.2) is 44.3 Å². The Labute approximate surface area is 210 Å². The number of thiophene rings is 1. The van der Waals surface area contributed by atoms with Crippen molar-refractivity contribution in [2.24, 2.45) is 11.8 Å². The van der Waals surface area contributed by atoms with Crippen LogP contribution < -0.4 is 5.56 Å². The van der Waals surface area contributed by atoms with Crippen LogP contribution >= 0.6 is 23.1 Å². The van der Waals surface area contributed by atoms with Gasteiger partial charge in [-0.3, -0.25) is 14.2 Å². The molecule has 0 spiro atoms. The summed E-state index contributed by atoms with van der Waals surface area (Å²) in [5.74, 6) is 1.15. The van der Waals surface area contributed by atoms with Crippen LogP contribution in [0.25, 0.3) is 15.9 Å². The van der Waals surface area contributed by atoms with Crippen LogP contribution in [0.5, 0.6) is 5.75 Å². The molecule has 0 saturated carbocycles. The van der Waals surface area contributed by atoms with Gasteiger partial charge in [0.05, 0.1) is 16.8 Å². The molecule has 0 radical (unpaired) electrons. The fourth-order valence-electron chi connectivity index (χ4n) is 4.20. The van der Waals surface area contributed by atoms with Gasteiger partial charge in [0.15, 0.2) is 5.16 Å². The number of hydrogen-bond acceptors (Lipinski definition) is 6. The summed E-state index contributed by atoms with van der Waals surface area (Å²) in [5, 5.41) is 11.0. The van der Waals surface area contributed by atoms with Crippen LogP contribution in [0.15, 0.2) is 28.2 Å². The van der Waals surface area contributed by atoms with Crippen molar-refractivity contribution in [3.8, 4) is 11.4 Å². The summed E-state index contributed by atoms with van der Waals surface area (Å²) in [6, 6.07) is 4.95. The number of amides is 1. The monoisotopic (exact) mass is 501 g/mol. The predicted octanol–water partition coefficient (Wildman–Crippen LogP) is 5.56. The van der Waals surface area contributed by atoms with E-state index in [0.29, 0.717) is 46.0 Å². The molecule has 0 bridgehead atoms. The zero-order valence-corrected chi connectivity index (χ0v) is 22.8. The summed E-state index contributed by atoms with van der Waals surface area (Å²) in [6.07, 6.45) is 0.752. The lowest BCUT2D eigenvalue weighted by Gasteiger charge is -2.26. The topological polar surface area (TPSA) is 75.4 Å². The number of nitrogens with zero attached hydrogens (tertiary/aromatic N) is 3. The van der Waals surface area contributed by atoms with Crippen molar-refractivity contribution in [3.05, 3.63) is 44.6 Å². The highest BCUT2D eigenvalue weighted by Crippen LogP contribution is 2.31. The Kier molecular flexibility index (Phi) is 8.47. The number of aromatic hydroxyl groups is 1. The van der Waals surface area contributed by atoms with Crippen LogP contribution in [0.2, 0.25) is 0 Å². The van der Waals surface area contributed by atoms with E-state index in [2.05, 4.69) is 27.7 Å². The maximum absolute atomic E-state index is 13.8. The van der Waals surface area contributed by atoms with Crippen molar-refractivity contribution >= 4 is 39.2 Å². The van der Waals surface area contributed by atoms with Crippen molar-refractivity contribution in [2.45, 2.75) is 60.0 Å². The smallest absolute Gasteiger partial charge is 0.267 e. The van der Waals surface area contributed by atoms with E-state index in [9.17, 15) is 14.7 Å². The van der Waals surface area contributed by atoms with Gasteiger partial charge >= 0.3 is 0 Å². The van der Waals surface area contributed by atoms with Crippen LogP contribution in [0.4, 0.5) is 0 Å². The van der Waals surface area contributed by atoms with E-state index in [1.54, 1.807) is 22.8 Å². The second kappa shape index (κ2) is 11.0. The molecule has 0 aliphatic rings. The summed E-state index contributed by atoms with van der Waals surface area (Å²) < 4.78 is 1.61. The minimum Gasteiger partial charge on any atom is -0.508 e. The van der Waals surface area contributed by atoms with Gasteiger partial charge in [0.2, 0.25) is 5.91 Å². The molecule has 1 amide bonds. The number of aromatic nitrogens is 2. The molecule has 0 saturated heterocycles. The van der Waals surface area contributed by atoms with Gasteiger partial charge in [0.1, 0.15) is 10.6 Å². The Morgan fingerprint density at radius 1 is 1.18 bits per heavy atom. The maximum atomic E-state index is 13.8. The van der Waals surface area contributed by atoms with Crippen molar-refractivity contribution in [1.82, 2.24) is 14.5 Å². The summed E-state index contributed by atoms with van der Waals surface area (Å²) >= 11 is 2.83. The van der Waals surface area contributed by atoms with E-state index in [1.807, 2.05) is 25.7 Å². The molecule has 34 heavy (non-hydrogen) atoms. The zero-order chi connectivity index (χ0) is 25.2. The third-order valence-electron chi connectivity index (χ3n) is 5.62. The first-order valence-electron chi connectivity index (χ1n) is 11.8. The van der Waals surface area contributed by atoms with Crippen LogP contribution in [0, 0.1) is 25.7 Å². The third kappa shape index (κ3) is 5.66. The highest BCUT2D eigenvalue weighted by atomic mass is 32.2. The Morgan fingerprint density at radius 3 is 2.38 bits per heavy atom. The van der Waals surface area contributed by atoms with Gasteiger partial charge in [0, 0.05) is 18.0 Å². The van der Waals surface area contributed by atoms with Crippen molar-refractivity contribution in [2.75, 3.05) is 18.8 Å². The predicted molar refractivity (Wildman–Crippen MR) is 143 cm³/mol. The first-order valence-corrected chi connectivity index (χ1v) is 13.6. The molecule has 184 valence electrons. The van der Waals surface area contributed by atoms with E-state index >= 15 is 0 Å². The van der Waals surface area contributed by atoms with Crippen LogP contribution in [0.1, 0.15) is 50.6 Å².